The molecule has 0 unspecified atom stereocenters. The average molecular weight is 701 g/mol. The molecule has 0 atom stereocenters. The van der Waals surface area contributed by atoms with Gasteiger partial charge in [-0.05, 0) is 35.4 Å². The number of carboxylic acid groups (broad SMARTS) is 2. The van der Waals surface area contributed by atoms with Gasteiger partial charge in [0.15, 0.2) is 11.6 Å². The zero-order valence-electron chi connectivity index (χ0n) is 23.6. The van der Waals surface area contributed by atoms with Gasteiger partial charge >= 0.3 is 11.9 Å². The van der Waals surface area contributed by atoms with Crippen molar-refractivity contribution in [1.82, 2.24) is 0 Å². The number of nitrogens with zero attached hydrogens (tertiary/aromatic N) is 2. The van der Waals surface area contributed by atoms with Gasteiger partial charge in [-0.3, -0.25) is 29.5 Å². The number of anilines is 2. The fraction of sp³-hybridized carbons (Fsp3) is 0. The summed E-state index contributed by atoms with van der Waals surface area (Å²) < 4.78 is 68.4. The van der Waals surface area contributed by atoms with Crippen molar-refractivity contribution in [3.8, 4) is 0 Å². The molecule has 0 saturated heterocycles. The molecule has 0 fully saturated rings. The van der Waals surface area contributed by atoms with Gasteiger partial charge in [0, 0.05) is 24.3 Å². The molecule has 8 N–H and O–H groups in total. The molecule has 2 aliphatic rings. The van der Waals surface area contributed by atoms with Crippen LogP contribution >= 0.6 is 0 Å². The molecule has 0 aromatic heterocycles. The number of hydrogen-bond acceptors (Lipinski definition) is 14. The van der Waals surface area contributed by atoms with E-state index in [1.54, 1.807) is 0 Å². The maximum atomic E-state index is 12.2. The molecule has 0 spiro atoms. The molecule has 2 aliphatic carbocycles. The lowest BCUT2D eigenvalue weighted by atomic mass is 10.0. The second-order valence-electron chi connectivity index (χ2n) is 9.52. The minimum Gasteiger partial charge on any atom is -0.505 e. The topological polar surface area (TPSA) is 307 Å². The van der Waals surface area contributed by atoms with Gasteiger partial charge in [-0.25, -0.2) is 9.59 Å². The molecule has 18 nitrogen and oxygen atoms in total. The molecule has 248 valence electrons. The van der Waals surface area contributed by atoms with Crippen LogP contribution < -0.4 is 10.9 Å². The van der Waals surface area contributed by atoms with Crippen molar-refractivity contribution in [2.24, 2.45) is 10.2 Å². The highest BCUT2D eigenvalue weighted by Gasteiger charge is 2.26. The van der Waals surface area contributed by atoms with Crippen molar-refractivity contribution >= 4 is 78.7 Å². The number of aliphatic hydroxyl groups excluding tert-OH is 2. The molecule has 4 rings (SSSR count). The number of ketones is 2. The average Bonchev–Trinajstić information content (AvgIpc) is 2.97. The molecule has 0 heterocycles. The lowest BCUT2D eigenvalue weighted by Gasteiger charge is -2.12. The predicted octanol–water partition coefficient (Wildman–Crippen LogP) is 1.96. The summed E-state index contributed by atoms with van der Waals surface area (Å²) in [5.41, 5.74) is 1.52. The van der Waals surface area contributed by atoms with Crippen molar-refractivity contribution in [3.05, 3.63) is 94.5 Å². The van der Waals surface area contributed by atoms with E-state index in [0.29, 0.717) is 24.3 Å². The van der Waals surface area contributed by atoms with Gasteiger partial charge in [-0.1, -0.05) is 24.3 Å². The van der Waals surface area contributed by atoms with Crippen molar-refractivity contribution in [2.45, 2.75) is 9.79 Å². The van der Waals surface area contributed by atoms with E-state index in [2.05, 4.69) is 21.1 Å². The van der Waals surface area contributed by atoms with Crippen LogP contribution in [0.3, 0.4) is 0 Å². The minimum absolute atomic E-state index is 0.138. The highest BCUT2D eigenvalue weighted by molar-refractivity contribution is 7.86. The number of aliphatic carboxylic acids is 2. The fourth-order valence-electron chi connectivity index (χ4n) is 4.10. The number of allylic oxidation sites excluding steroid dienone is 6. The minimum atomic E-state index is -4.96. The molecule has 0 saturated carbocycles. The number of nitrogens with one attached hydrogen (secondary N) is 2. The Morgan fingerprint density at radius 1 is 0.625 bits per heavy atom. The van der Waals surface area contributed by atoms with E-state index in [1.165, 1.54) is 12.1 Å². The molecule has 48 heavy (non-hydrogen) atoms. The summed E-state index contributed by atoms with van der Waals surface area (Å²) in [5, 5.41) is 46.0. The Labute approximate surface area is 269 Å². The standard InChI is InChI=1S/C28H20N4O14S2/c33-17-9-19(27(37)38)25(21(35)11-17)31-29-15-5-3-13(23(7-15)47(41,42)43)1-2-14-4-6-16(8-24(14)48(44,45)46)30-32-26-20(28(39)40)10-18(34)12-22(26)36/h1-12,29-30,35-36H,(H,37,38)(H,39,40)(H,41,42,43)(H,44,45,46)/b2-1+,31-25-,32-26-. The molecular formula is C28H20N4O14S2. The van der Waals surface area contributed by atoms with Crippen molar-refractivity contribution in [1.29, 1.82) is 0 Å². The van der Waals surface area contributed by atoms with Gasteiger partial charge < -0.3 is 20.4 Å². The third kappa shape index (κ3) is 7.94. The van der Waals surface area contributed by atoms with Crippen LogP contribution in [-0.4, -0.2) is 81.3 Å². The van der Waals surface area contributed by atoms with Crippen LogP contribution in [0.2, 0.25) is 0 Å². The molecule has 0 bridgehead atoms. The molecule has 0 radical (unpaired) electrons. The van der Waals surface area contributed by atoms with Crippen LogP contribution in [0.4, 0.5) is 11.4 Å². The van der Waals surface area contributed by atoms with E-state index in [-0.39, 0.29) is 22.5 Å². The Morgan fingerprint density at radius 3 is 1.29 bits per heavy atom. The van der Waals surface area contributed by atoms with Crippen LogP contribution in [0.15, 0.2) is 103 Å². The van der Waals surface area contributed by atoms with E-state index in [4.69, 9.17) is 0 Å². The maximum absolute atomic E-state index is 12.2. The number of carbonyl (C=O) groups is 4. The lowest BCUT2D eigenvalue weighted by molar-refractivity contribution is -0.133. The van der Waals surface area contributed by atoms with Crippen LogP contribution in [0, 0.1) is 0 Å². The van der Waals surface area contributed by atoms with Gasteiger partial charge in [0.2, 0.25) is 0 Å². The third-order valence-corrected chi connectivity index (χ3v) is 8.03. The van der Waals surface area contributed by atoms with Crippen LogP contribution in [0.25, 0.3) is 12.2 Å². The normalized spacial score (nSPS) is 17.1. The number of aliphatic hydroxyl groups is 2. The Hall–Kier alpha value is -6.22. The first-order valence-corrected chi connectivity index (χ1v) is 15.6. The first-order valence-electron chi connectivity index (χ1n) is 12.7. The zero-order valence-corrected chi connectivity index (χ0v) is 25.2. The Kier molecular flexibility index (Phi) is 9.57. The fourth-order valence-corrected chi connectivity index (χ4v) is 5.52. The SMILES string of the molecule is O=C1C=C(O)/C(=N\Nc2ccc(/C=C/c3ccc(N/N=C4\C(O)=CC(=O)C=C4C(=O)O)cc3S(=O)(=O)O)c(S(=O)(=O)O)c2)C(C(=O)O)=C1. The van der Waals surface area contributed by atoms with Crippen molar-refractivity contribution in [2.75, 3.05) is 10.9 Å². The summed E-state index contributed by atoms with van der Waals surface area (Å²) in [7, 11) is -9.93. The lowest BCUT2D eigenvalue weighted by Crippen LogP contribution is -2.21. The highest BCUT2D eigenvalue weighted by atomic mass is 32.2. The van der Waals surface area contributed by atoms with Gasteiger partial charge in [0.25, 0.3) is 20.2 Å². The number of benzene rings is 2. The number of hydrazone groups is 2. The smallest absolute Gasteiger partial charge is 0.338 e. The monoisotopic (exact) mass is 700 g/mol. The zero-order chi connectivity index (χ0) is 35.6. The predicted molar refractivity (Wildman–Crippen MR) is 166 cm³/mol. The molecule has 2 aromatic rings. The molecule has 0 aliphatic heterocycles. The van der Waals surface area contributed by atoms with E-state index in [1.807, 2.05) is 0 Å². The summed E-state index contributed by atoms with van der Waals surface area (Å²) >= 11 is 0. The summed E-state index contributed by atoms with van der Waals surface area (Å²) in [4.78, 5) is 44.5. The number of carboxylic acids is 2. The summed E-state index contributed by atoms with van der Waals surface area (Å²) in [6.07, 6.45) is 4.94. The second kappa shape index (κ2) is 13.3. The van der Waals surface area contributed by atoms with Gasteiger partial charge in [-0.2, -0.15) is 27.0 Å². The van der Waals surface area contributed by atoms with Crippen LogP contribution in [0.5, 0.6) is 0 Å². The van der Waals surface area contributed by atoms with E-state index < -0.39 is 87.6 Å². The first kappa shape index (κ1) is 34.6. The Morgan fingerprint density at radius 2 is 0.979 bits per heavy atom. The Balaban J connectivity index is 1.67. The maximum Gasteiger partial charge on any atom is 0.338 e. The highest BCUT2D eigenvalue weighted by Crippen LogP contribution is 2.27. The van der Waals surface area contributed by atoms with Crippen molar-refractivity contribution in [3.63, 3.8) is 0 Å². The van der Waals surface area contributed by atoms with E-state index in [9.17, 15) is 65.5 Å². The third-order valence-electron chi connectivity index (χ3n) is 6.21. The quantitative estimate of drug-likeness (QED) is 0.0760. The van der Waals surface area contributed by atoms with Crippen molar-refractivity contribution < 1.29 is 65.5 Å². The number of hydrogen-bond donors (Lipinski definition) is 8. The summed E-state index contributed by atoms with van der Waals surface area (Å²) in [6, 6.07) is 6.45. The van der Waals surface area contributed by atoms with E-state index >= 15 is 0 Å². The van der Waals surface area contributed by atoms with Gasteiger partial charge in [0.05, 0.1) is 22.5 Å². The first-order chi connectivity index (χ1) is 22.3. The Bertz CT molecular complexity index is 2090. The summed E-state index contributed by atoms with van der Waals surface area (Å²) in [6.45, 7) is 0. The van der Waals surface area contributed by atoms with Gasteiger partial charge in [0.1, 0.15) is 32.7 Å². The molecular weight excluding hydrogens is 680 g/mol. The van der Waals surface area contributed by atoms with Crippen LogP contribution in [-0.2, 0) is 39.4 Å². The molecule has 0 amide bonds. The molecule has 20 heteroatoms. The second-order valence-corrected chi connectivity index (χ2v) is 12.3. The summed E-state index contributed by atoms with van der Waals surface area (Å²) in [5.74, 6) is -6.37. The van der Waals surface area contributed by atoms with Gasteiger partial charge in [-0.15, -0.1) is 0 Å². The largest absolute Gasteiger partial charge is 0.505 e. The molecule has 2 aromatic carbocycles. The van der Waals surface area contributed by atoms with Crippen LogP contribution in [0.1, 0.15) is 11.1 Å². The number of carbonyl (C=O) groups excluding carboxylic acids is 2. The number of rotatable bonds is 10. The van der Waals surface area contributed by atoms with E-state index in [0.717, 1.165) is 36.4 Å².